The molecule has 0 aliphatic heterocycles. The Hall–Kier alpha value is 3.03. The molecule has 0 unspecified atom stereocenters. The van der Waals surface area contributed by atoms with E-state index >= 15 is 0 Å². The Kier molecular flexibility index (Phi) is 136. The summed E-state index contributed by atoms with van der Waals surface area (Å²) >= 11 is 0.100. The van der Waals surface area contributed by atoms with Crippen LogP contribution < -0.4 is 0 Å². The van der Waals surface area contributed by atoms with Crippen molar-refractivity contribution >= 4 is 17.4 Å². The number of hydrogen-bond donors (Lipinski definition) is 0. The van der Waals surface area contributed by atoms with Crippen molar-refractivity contribution in [3.63, 3.8) is 0 Å². The van der Waals surface area contributed by atoms with Crippen LogP contribution >= 0.6 is 0 Å². The third kappa shape index (κ3) is 19.4. The SMILES string of the molecule is [AlH3].[O]=[Y].[Ti].[Zr]. The van der Waals surface area contributed by atoms with Gasteiger partial charge < -0.3 is 0 Å². The summed E-state index contributed by atoms with van der Waals surface area (Å²) in [7, 11) is 0. The van der Waals surface area contributed by atoms with Crippen molar-refractivity contribution in [2.45, 2.75) is 0 Å². The Morgan fingerprint density at radius 1 is 1.20 bits per heavy atom. The molecule has 0 saturated carbocycles. The molecular weight excluding hydrogens is 271 g/mol. The molecule has 5 heavy (non-hydrogen) atoms. The molecule has 0 amide bonds. The van der Waals surface area contributed by atoms with Gasteiger partial charge in [0.1, 0.15) is 0 Å². The summed E-state index contributed by atoms with van der Waals surface area (Å²) in [5.74, 6) is 0. The summed E-state index contributed by atoms with van der Waals surface area (Å²) in [4.78, 5) is 0. The van der Waals surface area contributed by atoms with Crippen LogP contribution in [-0.2, 0) is 81.0 Å². The first-order valence-electron chi connectivity index (χ1n) is 0.236. The molecule has 1 nitrogen and oxygen atoms in total. The minimum atomic E-state index is 0. The maximum absolute atomic E-state index is 8.38. The van der Waals surface area contributed by atoms with Gasteiger partial charge in [0.15, 0.2) is 17.4 Å². The molecule has 0 radical (unpaired) electrons. The number of rotatable bonds is 0. The zero-order chi connectivity index (χ0) is 2.00. The normalized spacial score (nSPS) is 1.20. The van der Waals surface area contributed by atoms with Crippen LogP contribution in [0, 0.1) is 0 Å². The van der Waals surface area contributed by atoms with Gasteiger partial charge in [0.25, 0.3) is 0 Å². The van der Waals surface area contributed by atoms with Crippen LogP contribution in [-0.4, -0.2) is 17.4 Å². The van der Waals surface area contributed by atoms with Crippen molar-refractivity contribution in [3.05, 3.63) is 0 Å². The first kappa shape index (κ1) is 24.4. The van der Waals surface area contributed by atoms with Gasteiger partial charge in [-0.3, -0.25) is 0 Å². The Morgan fingerprint density at radius 3 is 1.20 bits per heavy atom. The molecule has 0 N–H and O–H groups in total. The first-order chi connectivity index (χ1) is 1.00. The predicted octanol–water partition coefficient (Wildman–Crippen LogP) is -1.31. The smallest absolute Gasteiger partial charge is 0 e. The molecule has 0 fully saturated rings. The van der Waals surface area contributed by atoms with Crippen LogP contribution in [0.2, 0.25) is 0 Å². The van der Waals surface area contributed by atoms with E-state index in [4.69, 9.17) is 2.04 Å². The van der Waals surface area contributed by atoms with E-state index in [9.17, 15) is 0 Å². The van der Waals surface area contributed by atoms with Crippen molar-refractivity contribution in [1.29, 1.82) is 0 Å². The Labute approximate surface area is 96.2 Å². The van der Waals surface area contributed by atoms with Crippen LogP contribution in [0.3, 0.4) is 0 Å². The van der Waals surface area contributed by atoms with E-state index in [1.54, 1.807) is 0 Å². The number of hydrogen-bond acceptors (Lipinski definition) is 1. The van der Waals surface area contributed by atoms with Crippen LogP contribution in [0.25, 0.3) is 0 Å². The molecule has 5 heteroatoms. The summed E-state index contributed by atoms with van der Waals surface area (Å²) in [6, 6.07) is 0. The molecule has 0 rings (SSSR count). The van der Waals surface area contributed by atoms with Gasteiger partial charge in [-0.05, 0) is 0 Å². The average molecular weight is 274 g/mol. The topological polar surface area (TPSA) is 17.1 Å². The van der Waals surface area contributed by atoms with Gasteiger partial charge >= 0.3 is 33.1 Å². The minimum absolute atomic E-state index is 0. The summed E-state index contributed by atoms with van der Waals surface area (Å²) < 4.78 is 8.38. The van der Waals surface area contributed by atoms with Crippen molar-refractivity contribution in [2.75, 3.05) is 0 Å². The quantitative estimate of drug-likeness (QED) is 0.501. The molecular formula is H3AlOTiYZr. The van der Waals surface area contributed by atoms with Gasteiger partial charge in [-0.15, -0.1) is 0 Å². The molecule has 0 aliphatic carbocycles. The first-order valence-corrected chi connectivity index (χ1v) is 1.39. The standard InChI is InChI=1S/Al.O.Ti.Y.Zr.3H. The van der Waals surface area contributed by atoms with Crippen LogP contribution in [0.4, 0.5) is 0 Å². The van der Waals surface area contributed by atoms with E-state index in [2.05, 4.69) is 0 Å². The van der Waals surface area contributed by atoms with E-state index in [0.717, 1.165) is 0 Å². The molecule has 0 aromatic heterocycles. The minimum Gasteiger partial charge on any atom is 0 e. The van der Waals surface area contributed by atoms with E-state index < -0.39 is 0 Å². The van der Waals surface area contributed by atoms with Gasteiger partial charge in [0.05, 0.1) is 0 Å². The van der Waals surface area contributed by atoms with E-state index in [-0.39, 0.29) is 96.3 Å². The molecule has 0 spiro atoms. The monoisotopic (exact) mass is 273 g/mol. The fraction of sp³-hybridized carbons (Fsp3) is 0. The molecule has 0 bridgehead atoms. The molecule has 0 aliphatic rings. The van der Waals surface area contributed by atoms with Crippen molar-refractivity contribution in [2.24, 2.45) is 0 Å². The second kappa shape index (κ2) is 27.8. The Bertz CT molecular complexity index is 11.6. The molecule has 0 atom stereocenters. The molecule has 23 valence electrons. The van der Waals surface area contributed by atoms with Gasteiger partial charge in [-0.1, -0.05) is 0 Å². The summed E-state index contributed by atoms with van der Waals surface area (Å²) in [6.07, 6.45) is 0. The largest absolute Gasteiger partial charge is 0 e. The molecule has 0 aromatic rings. The second-order valence-corrected chi connectivity index (χ2v) is 0. The molecule has 0 heterocycles. The zero-order valence-corrected chi connectivity index (χ0v) is 8.84. The summed E-state index contributed by atoms with van der Waals surface area (Å²) in [5.41, 5.74) is 0. The third-order valence-corrected chi connectivity index (χ3v) is 0. The van der Waals surface area contributed by atoms with Gasteiger partial charge in [0, 0.05) is 47.9 Å². The zero-order valence-electron chi connectivity index (χ0n) is 1.99. The maximum atomic E-state index is 8.38. The van der Waals surface area contributed by atoms with Crippen molar-refractivity contribution < 1.29 is 81.0 Å². The molecule has 0 saturated heterocycles. The maximum Gasteiger partial charge on any atom is 0 e. The average Bonchev–Trinajstić information content (AvgIpc) is 1.00. The van der Waals surface area contributed by atoms with Crippen molar-refractivity contribution in [1.82, 2.24) is 0 Å². The van der Waals surface area contributed by atoms with E-state index in [1.807, 2.05) is 0 Å². The van der Waals surface area contributed by atoms with Gasteiger partial charge in [-0.25, -0.2) is 0 Å². The second-order valence-electron chi connectivity index (χ2n) is 0. The fourth-order valence-corrected chi connectivity index (χ4v) is 0. The van der Waals surface area contributed by atoms with Crippen molar-refractivity contribution in [3.8, 4) is 0 Å². The fourth-order valence-electron chi connectivity index (χ4n) is 0. The van der Waals surface area contributed by atoms with E-state index in [0.29, 0.717) is 0 Å². The van der Waals surface area contributed by atoms with Crippen LogP contribution in [0.15, 0.2) is 0 Å². The van der Waals surface area contributed by atoms with Crippen LogP contribution in [0.1, 0.15) is 0 Å². The molecule has 0 aromatic carbocycles. The predicted molar refractivity (Wildman–Crippen MR) is 10.6 cm³/mol. The van der Waals surface area contributed by atoms with E-state index in [1.165, 1.54) is 0 Å². The third-order valence-electron chi connectivity index (χ3n) is 0. The van der Waals surface area contributed by atoms with Gasteiger partial charge in [0.2, 0.25) is 0 Å². The Morgan fingerprint density at radius 2 is 1.20 bits per heavy atom. The summed E-state index contributed by atoms with van der Waals surface area (Å²) in [6.45, 7) is 0. The van der Waals surface area contributed by atoms with Crippen LogP contribution in [0.5, 0.6) is 0 Å². The van der Waals surface area contributed by atoms with Gasteiger partial charge in [-0.2, -0.15) is 0 Å². The Balaban J connectivity index is -0.00000000167. The summed E-state index contributed by atoms with van der Waals surface area (Å²) in [5, 5.41) is 0.